The molecule has 3 nitrogen and oxygen atoms in total. The summed E-state index contributed by atoms with van der Waals surface area (Å²) in [5.74, 6) is 0.859. The monoisotopic (exact) mass is 339 g/mol. The first-order valence-corrected chi connectivity index (χ1v) is 9.19. The first-order chi connectivity index (χ1) is 11.9. The number of hydrogen-bond acceptors (Lipinski definition) is 3. The Bertz CT molecular complexity index is 711. The van der Waals surface area contributed by atoms with E-state index in [0.29, 0.717) is 11.7 Å². The van der Waals surface area contributed by atoms with E-state index in [9.17, 15) is 5.11 Å². The van der Waals surface area contributed by atoms with E-state index < -0.39 is 0 Å². The number of aryl methyl sites for hydroxylation is 1. The molecule has 2 atom stereocenters. The minimum Gasteiger partial charge on any atom is -0.508 e. The van der Waals surface area contributed by atoms with Crippen molar-refractivity contribution in [2.45, 2.75) is 52.4 Å². The van der Waals surface area contributed by atoms with Gasteiger partial charge in [0.15, 0.2) is 0 Å². The van der Waals surface area contributed by atoms with Crippen LogP contribution >= 0.6 is 0 Å². The number of aromatic hydroxyl groups is 1. The van der Waals surface area contributed by atoms with Crippen LogP contribution in [0.5, 0.6) is 5.75 Å². The predicted octanol–water partition coefficient (Wildman–Crippen LogP) is 4.79. The van der Waals surface area contributed by atoms with Gasteiger partial charge in [0.25, 0.3) is 0 Å². The van der Waals surface area contributed by atoms with Crippen molar-refractivity contribution >= 4 is 0 Å². The van der Waals surface area contributed by atoms with E-state index >= 15 is 0 Å². The Hall–Kier alpha value is -1.84. The predicted molar refractivity (Wildman–Crippen MR) is 102 cm³/mol. The van der Waals surface area contributed by atoms with E-state index in [1.54, 1.807) is 0 Å². The second kappa shape index (κ2) is 7.59. The number of rotatable bonds is 4. The number of nitrogens with zero attached hydrogens (tertiary/aromatic N) is 1. The highest BCUT2D eigenvalue weighted by atomic mass is 16.5. The van der Waals surface area contributed by atoms with Gasteiger partial charge in [0.1, 0.15) is 5.75 Å². The van der Waals surface area contributed by atoms with Gasteiger partial charge >= 0.3 is 0 Å². The van der Waals surface area contributed by atoms with Crippen molar-refractivity contribution in [2.24, 2.45) is 0 Å². The minimum absolute atomic E-state index is 0.0853. The Balaban J connectivity index is 1.79. The molecule has 0 saturated carbocycles. The van der Waals surface area contributed by atoms with Crippen LogP contribution in [0, 0.1) is 6.92 Å². The van der Waals surface area contributed by atoms with E-state index in [1.807, 2.05) is 12.1 Å². The van der Waals surface area contributed by atoms with E-state index in [2.05, 4.69) is 62.9 Å². The molecule has 1 N–H and O–H groups in total. The summed E-state index contributed by atoms with van der Waals surface area (Å²) in [4.78, 5) is 2.39. The van der Waals surface area contributed by atoms with Gasteiger partial charge < -0.3 is 9.84 Å². The van der Waals surface area contributed by atoms with Crippen LogP contribution in [0.25, 0.3) is 0 Å². The standard InChI is InChI=1S/C22H29NO2/c1-15(2)20-11-19(21(24)10-16(20)3)13-23-12-17(4)25-22(14-23)18-8-6-5-7-9-18/h5-11,15,17,22,24H,12-14H2,1-4H3. The van der Waals surface area contributed by atoms with Crippen molar-refractivity contribution in [3.8, 4) is 5.75 Å². The molecule has 0 aliphatic carbocycles. The Kier molecular flexibility index (Phi) is 5.45. The van der Waals surface area contributed by atoms with Gasteiger partial charge in [-0.05, 0) is 42.5 Å². The molecule has 134 valence electrons. The van der Waals surface area contributed by atoms with Crippen LogP contribution in [0.15, 0.2) is 42.5 Å². The smallest absolute Gasteiger partial charge is 0.120 e. The van der Waals surface area contributed by atoms with Gasteiger partial charge in [0, 0.05) is 25.2 Å². The van der Waals surface area contributed by atoms with Gasteiger partial charge in [0.2, 0.25) is 0 Å². The molecule has 1 aliphatic heterocycles. The average molecular weight is 339 g/mol. The van der Waals surface area contributed by atoms with Crippen molar-refractivity contribution < 1.29 is 9.84 Å². The molecule has 0 spiro atoms. The Morgan fingerprint density at radius 3 is 2.56 bits per heavy atom. The lowest BCUT2D eigenvalue weighted by Gasteiger charge is -2.37. The summed E-state index contributed by atoms with van der Waals surface area (Å²) in [5, 5.41) is 10.4. The summed E-state index contributed by atoms with van der Waals surface area (Å²) in [7, 11) is 0. The van der Waals surface area contributed by atoms with Gasteiger partial charge in [-0.25, -0.2) is 0 Å². The summed E-state index contributed by atoms with van der Waals surface area (Å²) < 4.78 is 6.15. The number of phenolic OH excluding ortho intramolecular Hbond substituents is 1. The van der Waals surface area contributed by atoms with Crippen LogP contribution in [0.3, 0.4) is 0 Å². The second-order valence-electron chi connectivity index (χ2n) is 7.53. The van der Waals surface area contributed by atoms with Crippen LogP contribution in [0.2, 0.25) is 0 Å². The summed E-state index contributed by atoms with van der Waals surface area (Å²) in [5.41, 5.74) is 4.70. The van der Waals surface area contributed by atoms with Crippen LogP contribution in [-0.2, 0) is 11.3 Å². The van der Waals surface area contributed by atoms with Crippen molar-refractivity contribution in [3.05, 3.63) is 64.7 Å². The lowest BCUT2D eigenvalue weighted by molar-refractivity contribution is -0.0815. The molecular weight excluding hydrogens is 310 g/mol. The minimum atomic E-state index is 0.0853. The highest BCUT2D eigenvalue weighted by Crippen LogP contribution is 2.31. The van der Waals surface area contributed by atoms with E-state index in [-0.39, 0.29) is 12.2 Å². The third-order valence-electron chi connectivity index (χ3n) is 4.99. The summed E-state index contributed by atoms with van der Waals surface area (Å²) >= 11 is 0. The Morgan fingerprint density at radius 2 is 1.88 bits per heavy atom. The quantitative estimate of drug-likeness (QED) is 0.869. The topological polar surface area (TPSA) is 32.7 Å². The van der Waals surface area contributed by atoms with Crippen molar-refractivity contribution in [1.82, 2.24) is 4.90 Å². The summed E-state index contributed by atoms with van der Waals surface area (Å²) in [6.45, 7) is 11.1. The first kappa shape index (κ1) is 18.0. The number of hydrogen-bond donors (Lipinski definition) is 1. The molecule has 0 aromatic heterocycles. The van der Waals surface area contributed by atoms with Crippen LogP contribution in [0.1, 0.15) is 55.0 Å². The van der Waals surface area contributed by atoms with Crippen LogP contribution < -0.4 is 0 Å². The van der Waals surface area contributed by atoms with Gasteiger partial charge in [-0.3, -0.25) is 4.90 Å². The molecule has 2 aromatic carbocycles. The normalized spacial score (nSPS) is 21.6. The third kappa shape index (κ3) is 4.23. The fourth-order valence-electron chi connectivity index (χ4n) is 3.77. The maximum absolute atomic E-state index is 10.4. The number of ether oxygens (including phenoxy) is 1. The molecule has 25 heavy (non-hydrogen) atoms. The Labute approximate surface area is 151 Å². The van der Waals surface area contributed by atoms with Crippen molar-refractivity contribution in [3.63, 3.8) is 0 Å². The molecular formula is C22H29NO2. The lowest BCUT2D eigenvalue weighted by Crippen LogP contribution is -2.42. The van der Waals surface area contributed by atoms with E-state index in [4.69, 9.17) is 4.74 Å². The number of phenols is 1. The molecule has 2 unspecified atom stereocenters. The van der Waals surface area contributed by atoms with Crippen molar-refractivity contribution in [2.75, 3.05) is 13.1 Å². The van der Waals surface area contributed by atoms with E-state index in [0.717, 1.165) is 30.8 Å². The van der Waals surface area contributed by atoms with Crippen LogP contribution in [0.4, 0.5) is 0 Å². The second-order valence-corrected chi connectivity index (χ2v) is 7.53. The lowest BCUT2D eigenvalue weighted by atomic mass is 9.95. The molecule has 1 aliphatic rings. The van der Waals surface area contributed by atoms with Gasteiger partial charge in [-0.2, -0.15) is 0 Å². The molecule has 0 bridgehead atoms. The largest absolute Gasteiger partial charge is 0.508 e. The molecule has 2 aromatic rings. The average Bonchev–Trinajstić information content (AvgIpc) is 2.57. The fraction of sp³-hybridized carbons (Fsp3) is 0.455. The molecule has 0 radical (unpaired) electrons. The zero-order valence-corrected chi connectivity index (χ0v) is 15.7. The van der Waals surface area contributed by atoms with Gasteiger partial charge in [-0.1, -0.05) is 50.2 Å². The highest BCUT2D eigenvalue weighted by molar-refractivity contribution is 5.42. The van der Waals surface area contributed by atoms with Gasteiger partial charge in [0.05, 0.1) is 12.2 Å². The molecule has 3 rings (SSSR count). The van der Waals surface area contributed by atoms with E-state index in [1.165, 1.54) is 11.1 Å². The number of morpholine rings is 1. The zero-order chi connectivity index (χ0) is 18.0. The molecule has 1 heterocycles. The molecule has 0 amide bonds. The molecule has 1 fully saturated rings. The van der Waals surface area contributed by atoms with Crippen molar-refractivity contribution in [1.29, 1.82) is 0 Å². The third-order valence-corrected chi connectivity index (χ3v) is 4.99. The summed E-state index contributed by atoms with van der Waals surface area (Å²) in [6.07, 6.45) is 0.262. The SMILES string of the molecule is Cc1cc(O)c(CN2CC(C)OC(c3ccccc3)C2)cc1C(C)C. The Morgan fingerprint density at radius 1 is 1.16 bits per heavy atom. The molecule has 3 heteroatoms. The highest BCUT2D eigenvalue weighted by Gasteiger charge is 2.27. The maximum atomic E-state index is 10.4. The molecule has 1 saturated heterocycles. The summed E-state index contributed by atoms with van der Waals surface area (Å²) in [6, 6.07) is 14.5. The first-order valence-electron chi connectivity index (χ1n) is 9.19. The van der Waals surface area contributed by atoms with Gasteiger partial charge in [-0.15, -0.1) is 0 Å². The number of benzene rings is 2. The zero-order valence-electron chi connectivity index (χ0n) is 15.7. The maximum Gasteiger partial charge on any atom is 0.120 e. The fourth-order valence-corrected chi connectivity index (χ4v) is 3.77. The van der Waals surface area contributed by atoms with Crippen LogP contribution in [-0.4, -0.2) is 29.2 Å².